The third kappa shape index (κ3) is 4.39. The number of hydrogen-bond acceptors (Lipinski definition) is 4. The highest BCUT2D eigenvalue weighted by Gasteiger charge is 2.34. The highest BCUT2D eigenvalue weighted by Crippen LogP contribution is 2.22. The molecular weight excluding hydrogens is 356 g/mol. The first-order valence-electron chi connectivity index (χ1n) is 9.39. The minimum atomic E-state index is -0.289. The maximum absolute atomic E-state index is 12.3. The standard InChI is InChI=1S/C22H24N2O4/c1-15-9-10-17(14-16(15)2)28-13-11-23-20(25)8-5-12-24-21(26)18-6-3-4-7-19(18)22(24)27/h3-4,6-7,9-10,14H,5,8,11-13H2,1-2H3,(H,23,25). The fourth-order valence-electron chi connectivity index (χ4n) is 3.09. The molecule has 0 aliphatic carbocycles. The summed E-state index contributed by atoms with van der Waals surface area (Å²) in [5.74, 6) is 0.0777. The van der Waals surface area contributed by atoms with Crippen molar-refractivity contribution in [3.63, 3.8) is 0 Å². The van der Waals surface area contributed by atoms with Crippen molar-refractivity contribution < 1.29 is 19.1 Å². The minimum Gasteiger partial charge on any atom is -0.492 e. The molecule has 0 aromatic heterocycles. The number of aryl methyl sites for hydroxylation is 2. The number of nitrogens with one attached hydrogen (secondary N) is 1. The van der Waals surface area contributed by atoms with E-state index in [9.17, 15) is 14.4 Å². The molecule has 0 saturated heterocycles. The Hall–Kier alpha value is -3.15. The summed E-state index contributed by atoms with van der Waals surface area (Å²) in [6, 6.07) is 12.7. The zero-order valence-electron chi connectivity index (χ0n) is 16.2. The fourth-order valence-corrected chi connectivity index (χ4v) is 3.09. The van der Waals surface area contributed by atoms with Gasteiger partial charge in [-0.25, -0.2) is 0 Å². The van der Waals surface area contributed by atoms with Crippen molar-refractivity contribution in [2.45, 2.75) is 26.7 Å². The van der Waals surface area contributed by atoms with Crippen LogP contribution in [0.15, 0.2) is 42.5 Å². The second kappa shape index (κ2) is 8.69. The van der Waals surface area contributed by atoms with E-state index in [1.165, 1.54) is 10.5 Å². The van der Waals surface area contributed by atoms with Crippen LogP contribution in [-0.2, 0) is 4.79 Å². The van der Waals surface area contributed by atoms with E-state index in [1.54, 1.807) is 24.3 Å². The predicted octanol–water partition coefficient (Wildman–Crippen LogP) is 2.87. The Morgan fingerprint density at radius 3 is 2.32 bits per heavy atom. The lowest BCUT2D eigenvalue weighted by Gasteiger charge is -2.13. The van der Waals surface area contributed by atoms with Gasteiger partial charge in [-0.2, -0.15) is 0 Å². The quantitative estimate of drug-likeness (QED) is 0.564. The van der Waals surface area contributed by atoms with Crippen molar-refractivity contribution in [1.29, 1.82) is 0 Å². The average Bonchev–Trinajstić information content (AvgIpc) is 2.93. The van der Waals surface area contributed by atoms with Crippen LogP contribution in [0.4, 0.5) is 0 Å². The van der Waals surface area contributed by atoms with E-state index in [1.807, 2.05) is 32.0 Å². The lowest BCUT2D eigenvalue weighted by atomic mass is 10.1. The molecule has 3 amide bonds. The van der Waals surface area contributed by atoms with E-state index in [4.69, 9.17) is 4.74 Å². The van der Waals surface area contributed by atoms with Crippen LogP contribution in [0.1, 0.15) is 44.7 Å². The number of ether oxygens (including phenoxy) is 1. The summed E-state index contributed by atoms with van der Waals surface area (Å²) in [5, 5.41) is 2.79. The van der Waals surface area contributed by atoms with Crippen LogP contribution in [0.25, 0.3) is 0 Å². The first kappa shape index (κ1) is 19.6. The predicted molar refractivity (Wildman–Crippen MR) is 105 cm³/mol. The van der Waals surface area contributed by atoms with Gasteiger partial charge in [-0.05, 0) is 55.7 Å². The van der Waals surface area contributed by atoms with Gasteiger partial charge in [0.2, 0.25) is 5.91 Å². The summed E-state index contributed by atoms with van der Waals surface area (Å²) in [4.78, 5) is 37.7. The summed E-state index contributed by atoms with van der Waals surface area (Å²) in [7, 11) is 0. The smallest absolute Gasteiger partial charge is 0.261 e. The zero-order chi connectivity index (χ0) is 20.1. The molecule has 146 valence electrons. The molecule has 2 aromatic carbocycles. The van der Waals surface area contributed by atoms with Crippen molar-refractivity contribution in [3.05, 3.63) is 64.7 Å². The van der Waals surface area contributed by atoms with Crippen molar-refractivity contribution in [1.82, 2.24) is 10.2 Å². The van der Waals surface area contributed by atoms with E-state index in [-0.39, 0.29) is 30.7 Å². The van der Waals surface area contributed by atoms with Crippen molar-refractivity contribution in [3.8, 4) is 5.75 Å². The minimum absolute atomic E-state index is 0.125. The number of imide groups is 1. The van der Waals surface area contributed by atoms with E-state index >= 15 is 0 Å². The van der Waals surface area contributed by atoms with Crippen molar-refractivity contribution in [2.75, 3.05) is 19.7 Å². The number of nitrogens with zero attached hydrogens (tertiary/aromatic N) is 1. The molecule has 6 nitrogen and oxygen atoms in total. The number of carbonyl (C=O) groups is 3. The van der Waals surface area contributed by atoms with Crippen LogP contribution >= 0.6 is 0 Å². The van der Waals surface area contributed by atoms with Gasteiger partial charge in [0.1, 0.15) is 12.4 Å². The molecule has 28 heavy (non-hydrogen) atoms. The molecule has 0 spiro atoms. The Morgan fingerprint density at radius 2 is 1.68 bits per heavy atom. The Morgan fingerprint density at radius 1 is 1.00 bits per heavy atom. The normalized spacial score (nSPS) is 12.9. The molecule has 0 radical (unpaired) electrons. The second-order valence-corrected chi connectivity index (χ2v) is 6.86. The Labute approximate surface area is 164 Å². The van der Waals surface area contributed by atoms with Gasteiger partial charge in [-0.3, -0.25) is 19.3 Å². The van der Waals surface area contributed by atoms with Crippen molar-refractivity contribution in [2.24, 2.45) is 0 Å². The van der Waals surface area contributed by atoms with Gasteiger partial charge in [0.15, 0.2) is 0 Å². The third-order valence-corrected chi connectivity index (χ3v) is 4.84. The second-order valence-electron chi connectivity index (χ2n) is 6.86. The largest absolute Gasteiger partial charge is 0.492 e. The maximum atomic E-state index is 12.3. The molecule has 0 unspecified atom stereocenters. The summed E-state index contributed by atoms with van der Waals surface area (Å²) in [5.41, 5.74) is 3.23. The van der Waals surface area contributed by atoms with E-state index < -0.39 is 0 Å². The number of fused-ring (bicyclic) bond motifs is 1. The van der Waals surface area contributed by atoms with Crippen LogP contribution in [0.3, 0.4) is 0 Å². The summed E-state index contributed by atoms with van der Waals surface area (Å²) in [6.07, 6.45) is 0.673. The molecule has 6 heteroatoms. The molecule has 0 atom stereocenters. The van der Waals surface area contributed by atoms with Crippen molar-refractivity contribution >= 4 is 17.7 Å². The number of rotatable bonds is 8. The zero-order valence-corrected chi connectivity index (χ0v) is 16.2. The summed E-state index contributed by atoms with van der Waals surface area (Å²) in [6.45, 7) is 5.09. The molecule has 0 saturated carbocycles. The maximum Gasteiger partial charge on any atom is 0.261 e. The molecule has 3 rings (SSSR count). The van der Waals surface area contributed by atoms with E-state index in [0.29, 0.717) is 30.7 Å². The highest BCUT2D eigenvalue weighted by molar-refractivity contribution is 6.21. The average molecular weight is 380 g/mol. The van der Waals surface area contributed by atoms with Gasteiger partial charge in [0.05, 0.1) is 17.7 Å². The number of amides is 3. The third-order valence-electron chi connectivity index (χ3n) is 4.84. The first-order chi connectivity index (χ1) is 13.5. The summed E-state index contributed by atoms with van der Waals surface area (Å²) >= 11 is 0. The van der Waals surface area contributed by atoms with Gasteiger partial charge in [-0.15, -0.1) is 0 Å². The monoisotopic (exact) mass is 380 g/mol. The molecule has 0 bridgehead atoms. The molecule has 1 heterocycles. The molecule has 0 fully saturated rings. The SMILES string of the molecule is Cc1ccc(OCCNC(=O)CCCN2C(=O)c3ccccc3C2=O)cc1C. The Bertz CT molecular complexity index is 872. The van der Waals surface area contributed by atoms with E-state index in [0.717, 1.165) is 11.3 Å². The number of hydrogen-bond donors (Lipinski definition) is 1. The fraction of sp³-hybridized carbons (Fsp3) is 0.318. The van der Waals surface area contributed by atoms with E-state index in [2.05, 4.69) is 5.32 Å². The molecule has 1 aliphatic rings. The number of carbonyl (C=O) groups excluding carboxylic acids is 3. The topological polar surface area (TPSA) is 75.7 Å². The van der Waals surface area contributed by atoms with Gasteiger partial charge < -0.3 is 10.1 Å². The molecular formula is C22H24N2O4. The van der Waals surface area contributed by atoms with Gasteiger partial charge in [0, 0.05) is 13.0 Å². The van der Waals surface area contributed by atoms with Crippen LogP contribution in [0.2, 0.25) is 0 Å². The van der Waals surface area contributed by atoms with Crippen LogP contribution < -0.4 is 10.1 Å². The molecule has 2 aromatic rings. The lowest BCUT2D eigenvalue weighted by Crippen LogP contribution is -2.32. The van der Waals surface area contributed by atoms with Gasteiger partial charge >= 0.3 is 0 Å². The lowest BCUT2D eigenvalue weighted by molar-refractivity contribution is -0.121. The van der Waals surface area contributed by atoms with Crippen LogP contribution in [-0.4, -0.2) is 42.3 Å². The van der Waals surface area contributed by atoms with Gasteiger partial charge in [-0.1, -0.05) is 18.2 Å². The van der Waals surface area contributed by atoms with Crippen LogP contribution in [0.5, 0.6) is 5.75 Å². The van der Waals surface area contributed by atoms with Crippen LogP contribution in [0, 0.1) is 13.8 Å². The highest BCUT2D eigenvalue weighted by atomic mass is 16.5. The first-order valence-corrected chi connectivity index (χ1v) is 9.39. The summed E-state index contributed by atoms with van der Waals surface area (Å²) < 4.78 is 5.63. The molecule has 1 N–H and O–H groups in total. The Balaban J connectivity index is 1.35. The van der Waals surface area contributed by atoms with Gasteiger partial charge in [0.25, 0.3) is 11.8 Å². The number of benzene rings is 2. The Kier molecular flexibility index (Phi) is 6.09. The molecule has 1 aliphatic heterocycles.